The number of aryl methyl sites for hydroxylation is 2. The second-order valence-corrected chi connectivity index (χ2v) is 10.6. The van der Waals surface area contributed by atoms with E-state index in [-0.39, 0.29) is 25.0 Å². The zero-order valence-electron chi connectivity index (χ0n) is 20.3. The predicted molar refractivity (Wildman–Crippen MR) is 132 cm³/mol. The highest BCUT2D eigenvalue weighted by molar-refractivity contribution is 7.92. The van der Waals surface area contributed by atoms with Gasteiger partial charge < -0.3 is 10.2 Å². The number of carbonyl (C=O) groups is 2. The predicted octanol–water partition coefficient (Wildman–Crippen LogP) is 3.40. The summed E-state index contributed by atoms with van der Waals surface area (Å²) < 4.78 is 26.4. The van der Waals surface area contributed by atoms with Crippen LogP contribution in [0, 0.1) is 13.8 Å². The van der Waals surface area contributed by atoms with E-state index in [1.165, 1.54) is 4.90 Å². The summed E-state index contributed by atoms with van der Waals surface area (Å²) in [5.74, 6) is -0.689. The van der Waals surface area contributed by atoms with Crippen molar-refractivity contribution in [2.75, 3.05) is 17.1 Å². The quantitative estimate of drug-likeness (QED) is 0.573. The summed E-state index contributed by atoms with van der Waals surface area (Å²) in [5, 5.41) is 2.89. The second-order valence-electron chi connectivity index (χ2n) is 8.65. The molecule has 0 saturated carbocycles. The molecule has 0 fully saturated rings. The Morgan fingerprint density at radius 3 is 2.24 bits per heavy atom. The minimum atomic E-state index is -3.74. The van der Waals surface area contributed by atoms with Gasteiger partial charge in [-0.15, -0.1) is 0 Å². The molecule has 7 nitrogen and oxygen atoms in total. The maximum atomic E-state index is 13.6. The molecule has 0 heterocycles. The van der Waals surface area contributed by atoms with Crippen LogP contribution in [0.25, 0.3) is 0 Å². The number of carbonyl (C=O) groups excluding carboxylic acids is 2. The van der Waals surface area contributed by atoms with Crippen LogP contribution >= 0.6 is 0 Å². The van der Waals surface area contributed by atoms with Crippen LogP contribution < -0.4 is 9.62 Å². The summed E-state index contributed by atoms with van der Waals surface area (Å²) >= 11 is 0. The fourth-order valence-electron chi connectivity index (χ4n) is 3.75. The molecule has 2 aromatic carbocycles. The molecule has 0 spiro atoms. The maximum absolute atomic E-state index is 13.6. The highest BCUT2D eigenvalue weighted by Crippen LogP contribution is 2.23. The van der Waals surface area contributed by atoms with Crippen molar-refractivity contribution >= 4 is 27.5 Å². The SMILES string of the molecule is CC[C@H](C(=O)NC(C)C)N(Cc1cccc(C)c1)C(=O)CN(c1ccccc1C)S(C)(=O)=O. The summed E-state index contributed by atoms with van der Waals surface area (Å²) in [6, 6.07) is 13.9. The molecular weight excluding hydrogens is 438 g/mol. The standard InChI is InChI=1S/C25H35N3O4S/c1-7-22(25(30)26-18(2)3)27(16-21-13-10-11-19(4)15-21)24(29)17-28(33(6,31)32)23-14-9-8-12-20(23)5/h8-15,18,22H,7,16-17H2,1-6H3,(H,26,30)/t22-/m1/s1. The summed E-state index contributed by atoms with van der Waals surface area (Å²) in [6.45, 7) is 9.14. The van der Waals surface area contributed by atoms with Crippen LogP contribution in [0.15, 0.2) is 48.5 Å². The van der Waals surface area contributed by atoms with Gasteiger partial charge in [0.15, 0.2) is 0 Å². The number of hydrogen-bond donors (Lipinski definition) is 1. The molecule has 1 N–H and O–H groups in total. The van der Waals surface area contributed by atoms with Crippen molar-refractivity contribution in [1.29, 1.82) is 0 Å². The molecule has 0 radical (unpaired) electrons. The topological polar surface area (TPSA) is 86.8 Å². The van der Waals surface area contributed by atoms with Crippen LogP contribution in [-0.2, 0) is 26.2 Å². The van der Waals surface area contributed by atoms with E-state index in [2.05, 4.69) is 5.32 Å². The lowest BCUT2D eigenvalue weighted by atomic mass is 10.1. The first-order valence-electron chi connectivity index (χ1n) is 11.1. The van der Waals surface area contributed by atoms with Gasteiger partial charge in [0.2, 0.25) is 21.8 Å². The van der Waals surface area contributed by atoms with Crippen LogP contribution in [0.1, 0.15) is 43.9 Å². The van der Waals surface area contributed by atoms with Crippen LogP contribution in [0.5, 0.6) is 0 Å². The lowest BCUT2D eigenvalue weighted by molar-refractivity contribution is -0.140. The Labute approximate surface area is 197 Å². The van der Waals surface area contributed by atoms with Gasteiger partial charge in [-0.25, -0.2) is 8.42 Å². The molecule has 2 amide bonds. The van der Waals surface area contributed by atoms with E-state index in [1.54, 1.807) is 25.1 Å². The van der Waals surface area contributed by atoms with Gasteiger partial charge in [0.05, 0.1) is 11.9 Å². The van der Waals surface area contributed by atoms with Crippen LogP contribution in [0.4, 0.5) is 5.69 Å². The van der Waals surface area contributed by atoms with E-state index in [0.29, 0.717) is 12.1 Å². The van der Waals surface area contributed by atoms with Crippen LogP contribution in [0.2, 0.25) is 0 Å². The van der Waals surface area contributed by atoms with E-state index in [0.717, 1.165) is 27.3 Å². The highest BCUT2D eigenvalue weighted by atomic mass is 32.2. The molecule has 2 aromatic rings. The Bertz CT molecular complexity index is 1080. The fraction of sp³-hybridized carbons (Fsp3) is 0.440. The van der Waals surface area contributed by atoms with Gasteiger partial charge in [0.25, 0.3) is 0 Å². The van der Waals surface area contributed by atoms with Gasteiger partial charge >= 0.3 is 0 Å². The average molecular weight is 474 g/mol. The van der Waals surface area contributed by atoms with Crippen LogP contribution in [-0.4, -0.2) is 50.0 Å². The van der Waals surface area contributed by atoms with Gasteiger partial charge in [0.1, 0.15) is 12.6 Å². The van der Waals surface area contributed by atoms with Crippen molar-refractivity contribution in [3.05, 3.63) is 65.2 Å². The first-order chi connectivity index (χ1) is 15.4. The Kier molecular flexibility index (Phi) is 9.05. The number of para-hydroxylation sites is 1. The van der Waals surface area contributed by atoms with Crippen LogP contribution in [0.3, 0.4) is 0 Å². The number of benzene rings is 2. The van der Waals surface area contributed by atoms with E-state index in [4.69, 9.17) is 0 Å². The number of sulfonamides is 1. The molecule has 0 aliphatic carbocycles. The van der Waals surface area contributed by atoms with Gasteiger partial charge in [-0.2, -0.15) is 0 Å². The van der Waals surface area contributed by atoms with E-state index < -0.39 is 22.0 Å². The molecule has 8 heteroatoms. The number of rotatable bonds is 10. The number of hydrogen-bond acceptors (Lipinski definition) is 4. The largest absolute Gasteiger partial charge is 0.352 e. The third-order valence-electron chi connectivity index (χ3n) is 5.32. The Hall–Kier alpha value is -2.87. The molecule has 0 unspecified atom stereocenters. The summed E-state index contributed by atoms with van der Waals surface area (Å²) in [7, 11) is -3.74. The molecule has 2 rings (SSSR count). The monoisotopic (exact) mass is 473 g/mol. The molecular formula is C25H35N3O4S. The zero-order chi connectivity index (χ0) is 24.8. The molecule has 33 heavy (non-hydrogen) atoms. The highest BCUT2D eigenvalue weighted by Gasteiger charge is 2.32. The van der Waals surface area contributed by atoms with Crippen molar-refractivity contribution in [3.8, 4) is 0 Å². The van der Waals surface area contributed by atoms with Gasteiger partial charge in [-0.3, -0.25) is 13.9 Å². The lowest BCUT2D eigenvalue weighted by Crippen LogP contribution is -2.53. The van der Waals surface area contributed by atoms with Crippen molar-refractivity contribution < 1.29 is 18.0 Å². The molecule has 0 aliphatic rings. The van der Waals surface area contributed by atoms with E-state index >= 15 is 0 Å². The zero-order valence-corrected chi connectivity index (χ0v) is 21.1. The normalized spacial score (nSPS) is 12.3. The maximum Gasteiger partial charge on any atom is 0.244 e. The van der Waals surface area contributed by atoms with E-state index in [9.17, 15) is 18.0 Å². The van der Waals surface area contributed by atoms with E-state index in [1.807, 2.05) is 58.0 Å². The first-order valence-corrected chi connectivity index (χ1v) is 13.0. The molecule has 0 aliphatic heterocycles. The lowest BCUT2D eigenvalue weighted by Gasteiger charge is -2.33. The molecule has 0 aromatic heterocycles. The molecule has 180 valence electrons. The van der Waals surface area contributed by atoms with Gasteiger partial charge in [0, 0.05) is 12.6 Å². The Morgan fingerprint density at radius 2 is 1.70 bits per heavy atom. The third-order valence-corrected chi connectivity index (χ3v) is 6.44. The fourth-order valence-corrected chi connectivity index (χ4v) is 4.65. The number of nitrogens with one attached hydrogen (secondary N) is 1. The molecule has 1 atom stereocenters. The Morgan fingerprint density at radius 1 is 1.03 bits per heavy atom. The minimum Gasteiger partial charge on any atom is -0.352 e. The van der Waals surface area contributed by atoms with Gasteiger partial charge in [-0.1, -0.05) is 55.0 Å². The van der Waals surface area contributed by atoms with Crippen molar-refractivity contribution in [2.45, 2.75) is 59.7 Å². The molecule has 0 saturated heterocycles. The summed E-state index contributed by atoms with van der Waals surface area (Å²) in [4.78, 5) is 28.1. The van der Waals surface area contributed by atoms with Gasteiger partial charge in [-0.05, 0) is 51.3 Å². The third kappa shape index (κ3) is 7.32. The summed E-state index contributed by atoms with van der Waals surface area (Å²) in [6.07, 6.45) is 1.49. The number of amides is 2. The Balaban J connectivity index is 2.46. The second kappa shape index (κ2) is 11.3. The minimum absolute atomic E-state index is 0.0815. The summed E-state index contributed by atoms with van der Waals surface area (Å²) in [5.41, 5.74) is 3.10. The molecule has 0 bridgehead atoms. The van der Waals surface area contributed by atoms with Crippen molar-refractivity contribution in [3.63, 3.8) is 0 Å². The first kappa shape index (κ1) is 26.4. The average Bonchev–Trinajstić information content (AvgIpc) is 2.71. The van der Waals surface area contributed by atoms with Crippen molar-refractivity contribution in [1.82, 2.24) is 10.2 Å². The smallest absolute Gasteiger partial charge is 0.244 e. The number of nitrogens with zero attached hydrogens (tertiary/aromatic N) is 2. The number of anilines is 1. The van der Waals surface area contributed by atoms with Crippen molar-refractivity contribution in [2.24, 2.45) is 0 Å².